The van der Waals surface area contributed by atoms with Gasteiger partial charge in [0.2, 0.25) is 0 Å². The maximum atomic E-state index is 12.2. The first-order valence-electron chi connectivity index (χ1n) is 5.69. The van der Waals surface area contributed by atoms with E-state index in [1.165, 1.54) is 12.7 Å². The third kappa shape index (κ3) is 1.43. The number of nitrogens with one attached hydrogen (secondary N) is 1. The van der Waals surface area contributed by atoms with Crippen molar-refractivity contribution in [2.24, 2.45) is 5.92 Å². The molecule has 0 radical (unpaired) electrons. The molecule has 0 spiro atoms. The summed E-state index contributed by atoms with van der Waals surface area (Å²) in [5.41, 5.74) is 1.27. The van der Waals surface area contributed by atoms with Gasteiger partial charge in [0.25, 0.3) is 5.91 Å². The van der Waals surface area contributed by atoms with Crippen LogP contribution in [0.5, 0.6) is 0 Å². The van der Waals surface area contributed by atoms with E-state index in [1.807, 2.05) is 4.90 Å². The summed E-state index contributed by atoms with van der Waals surface area (Å²) in [7, 11) is 0. The van der Waals surface area contributed by atoms with Gasteiger partial charge in [0.05, 0.1) is 5.69 Å². The Balaban J connectivity index is 1.75. The van der Waals surface area contributed by atoms with E-state index < -0.39 is 0 Å². The molecule has 2 fully saturated rings. The second kappa shape index (κ2) is 3.59. The molecule has 2 saturated heterocycles. The van der Waals surface area contributed by atoms with Crippen LogP contribution in [0.3, 0.4) is 0 Å². The van der Waals surface area contributed by atoms with Gasteiger partial charge in [0.1, 0.15) is 11.8 Å². The van der Waals surface area contributed by atoms with Gasteiger partial charge in [-0.05, 0) is 25.8 Å². The molecular weight excluding hydrogens is 206 g/mol. The van der Waals surface area contributed by atoms with Crippen LogP contribution in [0.25, 0.3) is 0 Å². The summed E-state index contributed by atoms with van der Waals surface area (Å²) >= 11 is 0. The Bertz CT molecular complexity index is 403. The Kier molecular flexibility index (Phi) is 2.21. The fraction of sp³-hybridized carbons (Fsp3) is 0.636. The van der Waals surface area contributed by atoms with Gasteiger partial charge >= 0.3 is 0 Å². The number of carbonyl (C=O) groups is 1. The van der Waals surface area contributed by atoms with E-state index in [0.717, 1.165) is 19.6 Å². The Morgan fingerprint density at radius 1 is 1.62 bits per heavy atom. The van der Waals surface area contributed by atoms with Gasteiger partial charge in [-0.3, -0.25) is 4.79 Å². The van der Waals surface area contributed by atoms with Crippen molar-refractivity contribution in [1.29, 1.82) is 0 Å². The molecule has 2 aliphatic heterocycles. The molecule has 16 heavy (non-hydrogen) atoms. The number of hydrogen-bond donors (Lipinski definition) is 1. The fourth-order valence-corrected chi connectivity index (χ4v) is 2.68. The molecular formula is C11H15N3O2. The zero-order valence-corrected chi connectivity index (χ0v) is 9.27. The lowest BCUT2D eigenvalue weighted by molar-refractivity contribution is 0.0781. The fourth-order valence-electron chi connectivity index (χ4n) is 2.68. The zero-order chi connectivity index (χ0) is 11.1. The third-order valence-corrected chi connectivity index (χ3v) is 3.63. The Labute approximate surface area is 93.8 Å². The number of fused-ring (bicyclic) bond motifs is 1. The van der Waals surface area contributed by atoms with Crippen LogP contribution >= 0.6 is 0 Å². The van der Waals surface area contributed by atoms with Crippen molar-refractivity contribution in [1.82, 2.24) is 15.4 Å². The molecule has 0 aromatic carbocycles. The maximum Gasteiger partial charge on any atom is 0.259 e. The quantitative estimate of drug-likeness (QED) is 0.746. The van der Waals surface area contributed by atoms with Crippen molar-refractivity contribution in [3.05, 3.63) is 17.5 Å². The molecule has 1 aromatic rings. The summed E-state index contributed by atoms with van der Waals surface area (Å²) in [6.07, 6.45) is 2.62. The Hall–Kier alpha value is -1.36. The van der Waals surface area contributed by atoms with Crippen LogP contribution in [0.15, 0.2) is 10.8 Å². The number of carbonyl (C=O) groups excluding carboxylic acids is 1. The second-order valence-electron chi connectivity index (χ2n) is 4.63. The van der Waals surface area contributed by atoms with Gasteiger partial charge in [-0.1, -0.05) is 5.16 Å². The number of hydrogen-bond acceptors (Lipinski definition) is 4. The minimum Gasteiger partial charge on any atom is -0.364 e. The molecule has 0 bridgehead atoms. The topological polar surface area (TPSA) is 58.4 Å². The number of amides is 1. The summed E-state index contributed by atoms with van der Waals surface area (Å²) in [6.45, 7) is 4.56. The van der Waals surface area contributed by atoms with E-state index in [2.05, 4.69) is 10.5 Å². The molecule has 5 heteroatoms. The standard InChI is InChI=1S/C11H15N3O2/c1-7-9(6-16-13-7)11(15)14-4-8-2-3-12-10(8)5-14/h6,8,10,12H,2-5H2,1H3. The lowest BCUT2D eigenvalue weighted by atomic mass is 10.1. The van der Waals surface area contributed by atoms with Crippen molar-refractivity contribution in [3.8, 4) is 0 Å². The maximum absolute atomic E-state index is 12.2. The highest BCUT2D eigenvalue weighted by atomic mass is 16.5. The van der Waals surface area contributed by atoms with Crippen LogP contribution in [0.1, 0.15) is 22.5 Å². The first-order chi connectivity index (χ1) is 7.75. The molecule has 3 heterocycles. The second-order valence-corrected chi connectivity index (χ2v) is 4.63. The molecule has 0 saturated carbocycles. The average Bonchev–Trinajstić information content (AvgIpc) is 2.89. The monoisotopic (exact) mass is 221 g/mol. The van der Waals surface area contributed by atoms with Crippen molar-refractivity contribution >= 4 is 5.91 Å². The highest BCUT2D eigenvalue weighted by Gasteiger charge is 2.38. The number of likely N-dealkylation sites (tertiary alicyclic amines) is 1. The van der Waals surface area contributed by atoms with Gasteiger partial charge in [-0.15, -0.1) is 0 Å². The lowest BCUT2D eigenvalue weighted by Crippen LogP contribution is -2.34. The summed E-state index contributed by atoms with van der Waals surface area (Å²) < 4.78 is 4.81. The lowest BCUT2D eigenvalue weighted by Gasteiger charge is -2.16. The first kappa shape index (κ1) is 9.84. The van der Waals surface area contributed by atoms with Gasteiger partial charge in [0, 0.05) is 19.1 Å². The van der Waals surface area contributed by atoms with Crippen molar-refractivity contribution in [2.45, 2.75) is 19.4 Å². The van der Waals surface area contributed by atoms with Gasteiger partial charge in [-0.2, -0.15) is 0 Å². The summed E-state index contributed by atoms with van der Waals surface area (Å²) in [5.74, 6) is 0.680. The van der Waals surface area contributed by atoms with Crippen LogP contribution in [-0.4, -0.2) is 41.6 Å². The number of rotatable bonds is 1. The van der Waals surface area contributed by atoms with E-state index in [4.69, 9.17) is 4.52 Å². The van der Waals surface area contributed by atoms with Gasteiger partial charge in [0.15, 0.2) is 0 Å². The molecule has 0 aliphatic carbocycles. The van der Waals surface area contributed by atoms with Crippen LogP contribution < -0.4 is 5.32 Å². The normalized spacial score (nSPS) is 28.4. The molecule has 2 aliphatic rings. The number of aryl methyl sites for hydroxylation is 1. The van der Waals surface area contributed by atoms with Crippen LogP contribution in [0, 0.1) is 12.8 Å². The Morgan fingerprint density at radius 3 is 3.19 bits per heavy atom. The van der Waals surface area contributed by atoms with E-state index >= 15 is 0 Å². The van der Waals surface area contributed by atoms with E-state index in [1.54, 1.807) is 6.92 Å². The molecule has 86 valence electrons. The third-order valence-electron chi connectivity index (χ3n) is 3.63. The SMILES string of the molecule is Cc1nocc1C(=O)N1CC2CCNC2C1. The molecule has 1 N–H and O–H groups in total. The number of nitrogens with zero attached hydrogens (tertiary/aromatic N) is 2. The van der Waals surface area contributed by atoms with Gasteiger partial charge in [-0.25, -0.2) is 0 Å². The predicted octanol–water partition coefficient (Wildman–Crippen LogP) is 0.417. The molecule has 2 atom stereocenters. The summed E-state index contributed by atoms with van der Waals surface area (Å²) in [5, 5.41) is 7.17. The molecule has 1 aromatic heterocycles. The molecule has 3 rings (SSSR count). The smallest absolute Gasteiger partial charge is 0.259 e. The van der Waals surface area contributed by atoms with Crippen LogP contribution in [-0.2, 0) is 0 Å². The largest absolute Gasteiger partial charge is 0.364 e. The minimum absolute atomic E-state index is 0.0509. The molecule has 2 unspecified atom stereocenters. The van der Waals surface area contributed by atoms with Crippen molar-refractivity contribution in [2.75, 3.05) is 19.6 Å². The highest BCUT2D eigenvalue weighted by molar-refractivity contribution is 5.95. The van der Waals surface area contributed by atoms with E-state index in [-0.39, 0.29) is 5.91 Å². The Morgan fingerprint density at radius 2 is 2.50 bits per heavy atom. The van der Waals surface area contributed by atoms with E-state index in [9.17, 15) is 4.79 Å². The number of aromatic nitrogens is 1. The highest BCUT2D eigenvalue weighted by Crippen LogP contribution is 2.26. The summed E-state index contributed by atoms with van der Waals surface area (Å²) in [6, 6.07) is 0.490. The van der Waals surface area contributed by atoms with Crippen LogP contribution in [0.4, 0.5) is 0 Å². The van der Waals surface area contributed by atoms with Crippen LogP contribution in [0.2, 0.25) is 0 Å². The van der Waals surface area contributed by atoms with Gasteiger partial charge < -0.3 is 14.7 Å². The average molecular weight is 221 g/mol. The summed E-state index contributed by atoms with van der Waals surface area (Å²) in [4.78, 5) is 14.1. The first-order valence-corrected chi connectivity index (χ1v) is 5.69. The van der Waals surface area contributed by atoms with E-state index in [0.29, 0.717) is 23.2 Å². The van der Waals surface area contributed by atoms with Crippen molar-refractivity contribution < 1.29 is 9.32 Å². The molecule has 5 nitrogen and oxygen atoms in total. The molecule has 1 amide bonds. The van der Waals surface area contributed by atoms with Crippen molar-refractivity contribution in [3.63, 3.8) is 0 Å². The zero-order valence-electron chi connectivity index (χ0n) is 9.27. The minimum atomic E-state index is 0.0509. The predicted molar refractivity (Wildman–Crippen MR) is 57.0 cm³/mol.